The largest absolute Gasteiger partial charge is 0.352 e. The molecule has 0 spiro atoms. The molecule has 3 aromatic rings. The Morgan fingerprint density at radius 1 is 1.12 bits per heavy atom. The van der Waals surface area contributed by atoms with Crippen molar-refractivity contribution in [1.29, 1.82) is 0 Å². The minimum atomic E-state index is -3.70. The quantitative estimate of drug-likeness (QED) is 0.117. The summed E-state index contributed by atoms with van der Waals surface area (Å²) < 4.78 is 14.2. The van der Waals surface area contributed by atoms with Gasteiger partial charge in [-0.2, -0.15) is 0 Å². The number of hydrogen-bond donors (Lipinski definition) is 1. The topological polar surface area (TPSA) is 96.0 Å². The Bertz CT molecular complexity index is 1180. The van der Waals surface area contributed by atoms with Crippen LogP contribution in [0.4, 0.5) is 11.4 Å². The fraction of sp³-hybridized carbons (Fsp3) is 0.174. The number of non-ortho nitro benzene ring substituents is 1. The first-order chi connectivity index (χ1) is 15.4. The van der Waals surface area contributed by atoms with E-state index in [-0.39, 0.29) is 12.2 Å². The van der Waals surface area contributed by atoms with Gasteiger partial charge in [0, 0.05) is 24.4 Å². The number of fused-ring (bicyclic) bond motifs is 1. The second kappa shape index (κ2) is 11.1. The number of nitro benzene ring substituents is 1. The maximum absolute atomic E-state index is 12.9. The van der Waals surface area contributed by atoms with Gasteiger partial charge in [0.05, 0.1) is 16.9 Å². The average Bonchev–Trinajstić information content (AvgIpc) is 2.80. The monoisotopic (exact) mass is 469 g/mol. The Morgan fingerprint density at radius 2 is 1.84 bits per heavy atom. The number of nitro groups is 1. The smallest absolute Gasteiger partial charge is 0.321 e. The summed E-state index contributed by atoms with van der Waals surface area (Å²) in [6, 6.07) is 19.9. The summed E-state index contributed by atoms with van der Waals surface area (Å²) in [7, 11) is 0. The van der Waals surface area contributed by atoms with Gasteiger partial charge in [0.2, 0.25) is 0 Å². The second-order valence-electron chi connectivity index (χ2n) is 6.97. The van der Waals surface area contributed by atoms with Gasteiger partial charge in [0.1, 0.15) is 0 Å². The summed E-state index contributed by atoms with van der Waals surface area (Å²) in [5.41, 5.74) is 1.41. The maximum Gasteiger partial charge on any atom is 0.352 e. The van der Waals surface area contributed by atoms with Crippen LogP contribution in [0.2, 0.25) is 0 Å². The zero-order valence-electron chi connectivity index (χ0n) is 17.6. The molecule has 0 heterocycles. The third-order valence-corrected chi connectivity index (χ3v) is 8.59. The molecule has 0 aliphatic heterocycles. The van der Waals surface area contributed by atoms with E-state index in [2.05, 4.69) is 11.1 Å². The van der Waals surface area contributed by atoms with Gasteiger partial charge in [-0.1, -0.05) is 55.5 Å². The molecule has 0 bridgehead atoms. The molecule has 0 amide bonds. The molecule has 0 fully saturated rings. The Hall–Kier alpha value is -2.93. The summed E-state index contributed by atoms with van der Waals surface area (Å²) >= 11 is 0.999. The van der Waals surface area contributed by atoms with Gasteiger partial charge in [0.25, 0.3) is 5.69 Å². The average molecular weight is 470 g/mol. The highest BCUT2D eigenvalue weighted by atomic mass is 32.7. The van der Waals surface area contributed by atoms with Crippen LogP contribution in [0, 0.1) is 10.1 Å². The zero-order chi connectivity index (χ0) is 23.0. The normalized spacial score (nSPS) is 13.6. The number of benzene rings is 3. The highest BCUT2D eigenvalue weighted by Crippen LogP contribution is 2.57. The van der Waals surface area contributed by atoms with Gasteiger partial charge < -0.3 is 4.89 Å². The minimum absolute atomic E-state index is 0.0366. The molecule has 0 aliphatic rings. The fourth-order valence-corrected chi connectivity index (χ4v) is 5.99. The fourth-order valence-electron chi connectivity index (χ4n) is 2.90. The van der Waals surface area contributed by atoms with Crippen molar-refractivity contribution in [2.24, 2.45) is 4.99 Å². The maximum atomic E-state index is 12.9. The van der Waals surface area contributed by atoms with Crippen LogP contribution < -0.4 is 0 Å². The third kappa shape index (κ3) is 6.53. The van der Waals surface area contributed by atoms with Crippen molar-refractivity contribution in [2.45, 2.75) is 13.3 Å². The Labute approximate surface area is 190 Å². The van der Waals surface area contributed by atoms with Crippen LogP contribution in [-0.4, -0.2) is 33.1 Å². The first-order valence-corrected chi connectivity index (χ1v) is 13.3. The molecule has 7 nitrogen and oxygen atoms in total. The Balaban J connectivity index is 1.77. The highest BCUT2D eigenvalue weighted by Gasteiger charge is 2.25. The third-order valence-electron chi connectivity index (χ3n) is 4.57. The van der Waals surface area contributed by atoms with E-state index in [1.165, 1.54) is 35.3 Å². The summed E-state index contributed by atoms with van der Waals surface area (Å²) in [6.07, 6.45) is 5.83. The summed E-state index contributed by atoms with van der Waals surface area (Å²) in [5, 5.41) is 13.1. The van der Waals surface area contributed by atoms with Crippen LogP contribution in [0.1, 0.15) is 18.9 Å². The van der Waals surface area contributed by atoms with Crippen molar-refractivity contribution in [2.75, 3.05) is 12.3 Å². The van der Waals surface area contributed by atoms with E-state index in [9.17, 15) is 19.6 Å². The van der Waals surface area contributed by atoms with Gasteiger partial charge >= 0.3 is 6.72 Å². The van der Waals surface area contributed by atoms with Crippen LogP contribution in [0.3, 0.4) is 0 Å². The van der Waals surface area contributed by atoms with Crippen LogP contribution >= 0.6 is 18.1 Å². The van der Waals surface area contributed by atoms with Crippen molar-refractivity contribution >= 4 is 52.7 Å². The van der Waals surface area contributed by atoms with Gasteiger partial charge in [0.15, 0.2) is 0 Å². The molecule has 0 aliphatic carbocycles. The predicted octanol–water partition coefficient (Wildman–Crippen LogP) is 6.67. The van der Waals surface area contributed by atoms with E-state index in [0.717, 1.165) is 34.1 Å². The van der Waals surface area contributed by atoms with E-state index in [0.29, 0.717) is 11.4 Å². The van der Waals surface area contributed by atoms with Gasteiger partial charge in [-0.3, -0.25) is 19.3 Å². The van der Waals surface area contributed by atoms with Crippen molar-refractivity contribution < 1.29 is 14.4 Å². The lowest BCUT2D eigenvalue weighted by Gasteiger charge is -2.23. The molecule has 0 radical (unpaired) electrons. The molecular weight excluding hydrogens is 445 g/mol. The molecule has 3 rings (SSSR count). The molecule has 0 saturated heterocycles. The molecule has 1 N–H and O–H groups in total. The Morgan fingerprint density at radius 3 is 2.53 bits per heavy atom. The molecule has 0 aromatic heterocycles. The summed E-state index contributed by atoms with van der Waals surface area (Å²) in [5.74, 6) is 0.546. The molecule has 166 valence electrons. The summed E-state index contributed by atoms with van der Waals surface area (Å²) in [4.78, 5) is 25.1. The van der Waals surface area contributed by atoms with Crippen molar-refractivity contribution in [3.8, 4) is 0 Å². The van der Waals surface area contributed by atoms with Gasteiger partial charge in [-0.05, 0) is 52.3 Å². The lowest BCUT2D eigenvalue weighted by atomic mass is 10.1. The van der Waals surface area contributed by atoms with E-state index < -0.39 is 11.6 Å². The number of nitrogens with zero attached hydrogens (tertiary/aromatic N) is 3. The van der Waals surface area contributed by atoms with Crippen LogP contribution in [0.25, 0.3) is 16.8 Å². The van der Waals surface area contributed by atoms with E-state index >= 15 is 0 Å². The van der Waals surface area contributed by atoms with E-state index in [1.54, 1.807) is 0 Å². The van der Waals surface area contributed by atoms with Crippen LogP contribution in [-0.2, 0) is 4.57 Å². The molecule has 1 atom stereocenters. The molecule has 9 heteroatoms. The lowest BCUT2D eigenvalue weighted by molar-refractivity contribution is -0.384. The zero-order valence-corrected chi connectivity index (χ0v) is 19.3. The minimum Gasteiger partial charge on any atom is -0.321 e. The van der Waals surface area contributed by atoms with Crippen LogP contribution in [0.15, 0.2) is 77.8 Å². The Kier molecular flexibility index (Phi) is 8.22. The second-order valence-corrected chi connectivity index (χ2v) is 11.3. The van der Waals surface area contributed by atoms with Crippen molar-refractivity contribution in [3.63, 3.8) is 0 Å². The molecule has 1 unspecified atom stereocenters. The molecule has 32 heavy (non-hydrogen) atoms. The molecule has 3 aromatic carbocycles. The predicted molar refractivity (Wildman–Crippen MR) is 134 cm³/mol. The lowest BCUT2D eigenvalue weighted by Crippen LogP contribution is -2.17. The van der Waals surface area contributed by atoms with E-state index in [4.69, 9.17) is 0 Å². The number of hydrogen-bond acceptors (Lipinski definition) is 5. The number of aliphatic imine (C=N–C) groups is 1. The summed E-state index contributed by atoms with van der Waals surface area (Å²) in [6.45, 7) is -1.57. The van der Waals surface area contributed by atoms with Crippen molar-refractivity contribution in [1.82, 2.24) is 4.67 Å². The highest BCUT2D eigenvalue weighted by molar-refractivity contribution is 8.55. The number of rotatable bonds is 10. The van der Waals surface area contributed by atoms with E-state index in [1.807, 2.05) is 55.5 Å². The molecular formula is C23H24N3O4PS. The van der Waals surface area contributed by atoms with Crippen molar-refractivity contribution in [3.05, 3.63) is 88.5 Å². The van der Waals surface area contributed by atoms with Crippen LogP contribution in [0.5, 0.6) is 0 Å². The molecule has 0 saturated carbocycles. The first kappa shape index (κ1) is 23.7. The first-order valence-electron chi connectivity index (χ1n) is 10.1. The standard InChI is InChI=1S/C23H24N3O4PS/c1-2-16-32-31(29,30)25(18-24-22-11-13-23(14-12-22)26(27)28)15-5-6-19-9-10-20-7-3-4-8-21(20)17-19/h3-14,17-18H,2,15-16H2,1H3,(H,29,30). The van der Waals surface area contributed by atoms with Gasteiger partial charge in [-0.25, -0.2) is 4.99 Å². The SMILES string of the molecule is CCCSP(=O)(O)N(C=Nc1ccc([N+](=O)[O-])cc1)CC=Cc1ccc2ccccc2c1. The van der Waals surface area contributed by atoms with Gasteiger partial charge in [-0.15, -0.1) is 0 Å².